The molecule has 7 nitrogen and oxygen atoms in total. The Morgan fingerprint density at radius 2 is 1.81 bits per heavy atom. The normalized spacial score (nSPS) is 15.6. The number of piperidine rings is 1. The number of hydrogen-bond donors (Lipinski definition) is 2. The van der Waals surface area contributed by atoms with Gasteiger partial charge >= 0.3 is 0 Å². The van der Waals surface area contributed by atoms with Gasteiger partial charge in [-0.05, 0) is 57.4 Å². The predicted molar refractivity (Wildman–Crippen MR) is 116 cm³/mol. The van der Waals surface area contributed by atoms with Crippen molar-refractivity contribution in [3.63, 3.8) is 0 Å². The summed E-state index contributed by atoms with van der Waals surface area (Å²) in [4.78, 5) is 4.29. The number of nitrogens with zero attached hydrogens (tertiary/aromatic N) is 3. The number of rotatable bonds is 7. The zero-order valence-electron chi connectivity index (χ0n) is 16.7. The Kier molecular flexibility index (Phi) is 7.84. The molecule has 0 spiro atoms. The van der Waals surface area contributed by atoms with E-state index in [4.69, 9.17) is 12.2 Å². The molecule has 9 heteroatoms. The predicted octanol–water partition coefficient (Wildman–Crippen LogP) is 1.78. The van der Waals surface area contributed by atoms with Gasteiger partial charge in [0.15, 0.2) is 5.11 Å². The molecular formula is C18H31N5O2S2. The minimum absolute atomic E-state index is 0.300. The summed E-state index contributed by atoms with van der Waals surface area (Å²) >= 11 is 5.38. The molecule has 152 valence electrons. The van der Waals surface area contributed by atoms with Gasteiger partial charge in [0, 0.05) is 40.3 Å². The summed E-state index contributed by atoms with van der Waals surface area (Å²) in [6.45, 7) is 2.74. The van der Waals surface area contributed by atoms with E-state index in [9.17, 15) is 8.42 Å². The Bertz CT molecular complexity index is 744. The molecule has 0 aliphatic carbocycles. The van der Waals surface area contributed by atoms with Gasteiger partial charge in [0.2, 0.25) is 10.0 Å². The molecule has 2 N–H and O–H groups in total. The molecule has 2 rings (SSSR count). The number of hydrogen-bond acceptors (Lipinski definition) is 5. The van der Waals surface area contributed by atoms with Crippen molar-refractivity contribution in [1.82, 2.24) is 14.5 Å². The number of sulfonamides is 1. The highest BCUT2D eigenvalue weighted by Crippen LogP contribution is 2.30. The molecule has 1 aromatic rings. The van der Waals surface area contributed by atoms with E-state index in [1.54, 1.807) is 16.4 Å². The largest absolute Gasteiger partial charge is 0.376 e. The van der Waals surface area contributed by atoms with Crippen molar-refractivity contribution in [2.75, 3.05) is 64.6 Å². The lowest BCUT2D eigenvalue weighted by Gasteiger charge is -2.27. The van der Waals surface area contributed by atoms with E-state index in [1.165, 1.54) is 0 Å². The molecule has 0 unspecified atom stereocenters. The van der Waals surface area contributed by atoms with E-state index < -0.39 is 10.0 Å². The zero-order valence-corrected chi connectivity index (χ0v) is 18.3. The minimum atomic E-state index is -3.49. The van der Waals surface area contributed by atoms with Crippen molar-refractivity contribution in [2.24, 2.45) is 0 Å². The van der Waals surface area contributed by atoms with Crippen molar-refractivity contribution in [3.8, 4) is 0 Å². The van der Waals surface area contributed by atoms with E-state index in [1.807, 2.05) is 39.2 Å². The molecule has 1 fully saturated rings. The van der Waals surface area contributed by atoms with Gasteiger partial charge in [0.05, 0.1) is 16.3 Å². The maximum Gasteiger partial charge on any atom is 0.243 e. The van der Waals surface area contributed by atoms with E-state index >= 15 is 0 Å². The second kappa shape index (κ2) is 9.68. The lowest BCUT2D eigenvalue weighted by molar-refractivity contribution is 0.346. The second-order valence-electron chi connectivity index (χ2n) is 7.22. The van der Waals surface area contributed by atoms with Crippen LogP contribution in [-0.4, -0.2) is 77.1 Å². The monoisotopic (exact) mass is 413 g/mol. The van der Waals surface area contributed by atoms with E-state index in [2.05, 4.69) is 15.5 Å². The number of nitrogens with one attached hydrogen (secondary N) is 2. The fourth-order valence-corrected chi connectivity index (χ4v) is 4.74. The average molecular weight is 414 g/mol. The Morgan fingerprint density at radius 1 is 1.15 bits per heavy atom. The number of thiocarbonyl (C=S) groups is 1. The Labute approximate surface area is 168 Å². The third-order valence-corrected chi connectivity index (χ3v) is 6.64. The summed E-state index contributed by atoms with van der Waals surface area (Å²) in [6, 6.07) is 5.17. The van der Waals surface area contributed by atoms with Crippen LogP contribution in [0.1, 0.15) is 19.3 Å². The van der Waals surface area contributed by atoms with Crippen molar-refractivity contribution in [2.45, 2.75) is 24.2 Å². The number of anilines is 2. The lowest BCUT2D eigenvalue weighted by Crippen LogP contribution is -2.36. The Balaban J connectivity index is 2.21. The van der Waals surface area contributed by atoms with Crippen LogP contribution in [0.15, 0.2) is 23.1 Å². The summed E-state index contributed by atoms with van der Waals surface area (Å²) in [7, 11) is 4.34. The SMILES string of the molecule is CN(C)CCNC(=S)Nc1cc(S(=O)(=O)N2CCCCC2)ccc1N(C)C. The second-order valence-corrected chi connectivity index (χ2v) is 9.57. The molecular weight excluding hydrogens is 382 g/mol. The molecule has 0 aromatic heterocycles. The van der Waals surface area contributed by atoms with Crippen molar-refractivity contribution in [3.05, 3.63) is 18.2 Å². The number of benzene rings is 1. The van der Waals surface area contributed by atoms with Crippen LogP contribution in [0.4, 0.5) is 11.4 Å². The first kappa shape index (κ1) is 21.9. The van der Waals surface area contributed by atoms with E-state index in [-0.39, 0.29) is 0 Å². The molecule has 0 radical (unpaired) electrons. The first-order valence-corrected chi connectivity index (χ1v) is 11.1. The van der Waals surface area contributed by atoms with Crippen molar-refractivity contribution in [1.29, 1.82) is 0 Å². The maximum atomic E-state index is 13.0. The highest BCUT2D eigenvalue weighted by Gasteiger charge is 2.26. The van der Waals surface area contributed by atoms with Gasteiger partial charge in [0.25, 0.3) is 0 Å². The van der Waals surface area contributed by atoms with Gasteiger partial charge < -0.3 is 20.4 Å². The van der Waals surface area contributed by atoms with Crippen molar-refractivity contribution < 1.29 is 8.42 Å². The highest BCUT2D eigenvalue weighted by molar-refractivity contribution is 7.89. The van der Waals surface area contributed by atoms with Gasteiger partial charge in [-0.25, -0.2) is 8.42 Å². The lowest BCUT2D eigenvalue weighted by atomic mass is 10.2. The van der Waals surface area contributed by atoms with Crippen molar-refractivity contribution >= 4 is 38.7 Å². The first-order valence-electron chi connectivity index (χ1n) is 9.23. The molecule has 1 aromatic carbocycles. The molecule has 0 atom stereocenters. The van der Waals surface area contributed by atoms with E-state index in [0.717, 1.165) is 31.5 Å². The fourth-order valence-electron chi connectivity index (χ4n) is 2.98. The summed E-state index contributed by atoms with van der Waals surface area (Å²) in [5.74, 6) is 0. The zero-order chi connectivity index (χ0) is 20.0. The first-order chi connectivity index (χ1) is 12.7. The fraction of sp³-hybridized carbons (Fsp3) is 0.611. The average Bonchev–Trinajstić information content (AvgIpc) is 2.61. The quantitative estimate of drug-likeness (QED) is 0.661. The molecule has 1 saturated heterocycles. The summed E-state index contributed by atoms with van der Waals surface area (Å²) in [6.07, 6.45) is 2.92. The standard InChI is InChI=1S/C18H31N5O2S2/c1-21(2)13-10-19-18(26)20-16-14-15(8-9-17(16)22(3)4)27(24,25)23-11-6-5-7-12-23/h8-9,14H,5-7,10-13H2,1-4H3,(H2,19,20,26). The summed E-state index contributed by atoms with van der Waals surface area (Å²) < 4.78 is 27.5. The van der Waals surface area contributed by atoms with Gasteiger partial charge in [0.1, 0.15) is 0 Å². The minimum Gasteiger partial charge on any atom is -0.376 e. The van der Waals surface area contributed by atoms with E-state index in [0.29, 0.717) is 35.3 Å². The van der Waals surface area contributed by atoms with Gasteiger partial charge in [-0.2, -0.15) is 4.31 Å². The van der Waals surface area contributed by atoms with Crippen LogP contribution >= 0.6 is 12.2 Å². The Hall–Kier alpha value is -1.42. The number of likely N-dealkylation sites (N-methyl/N-ethyl adjacent to an activating group) is 1. The van der Waals surface area contributed by atoms with Gasteiger partial charge in [-0.15, -0.1) is 0 Å². The summed E-state index contributed by atoms with van der Waals surface area (Å²) in [5, 5.41) is 6.79. The molecule has 1 aliphatic heterocycles. The van der Waals surface area contributed by atoms with Crippen LogP contribution in [0.2, 0.25) is 0 Å². The molecule has 1 heterocycles. The topological polar surface area (TPSA) is 67.9 Å². The molecule has 1 aliphatic rings. The van der Waals surface area contributed by atoms with Crippen LogP contribution in [0, 0.1) is 0 Å². The van der Waals surface area contributed by atoms with Gasteiger partial charge in [-0.1, -0.05) is 6.42 Å². The molecule has 27 heavy (non-hydrogen) atoms. The highest BCUT2D eigenvalue weighted by atomic mass is 32.2. The van der Waals surface area contributed by atoms with Crippen LogP contribution in [0.5, 0.6) is 0 Å². The molecule has 0 saturated carbocycles. The van der Waals surface area contributed by atoms with Crippen LogP contribution in [-0.2, 0) is 10.0 Å². The maximum absolute atomic E-state index is 13.0. The van der Waals surface area contributed by atoms with Crippen LogP contribution in [0.3, 0.4) is 0 Å². The third kappa shape index (κ3) is 6.03. The van der Waals surface area contributed by atoms with Crippen LogP contribution < -0.4 is 15.5 Å². The third-order valence-electron chi connectivity index (χ3n) is 4.50. The Morgan fingerprint density at radius 3 is 2.41 bits per heavy atom. The van der Waals surface area contributed by atoms with Gasteiger partial charge in [-0.3, -0.25) is 0 Å². The van der Waals surface area contributed by atoms with Crippen LogP contribution in [0.25, 0.3) is 0 Å². The molecule has 0 bridgehead atoms. The summed E-state index contributed by atoms with van der Waals surface area (Å²) in [5.41, 5.74) is 1.56. The molecule has 0 amide bonds. The smallest absolute Gasteiger partial charge is 0.243 e.